The Kier molecular flexibility index (Phi) is 7.55. The van der Waals surface area contributed by atoms with Crippen LogP contribution in [0.3, 0.4) is 0 Å². The van der Waals surface area contributed by atoms with Crippen molar-refractivity contribution in [3.8, 4) is 0 Å². The molecular formula is C27H29FN2O2S. The number of benzene rings is 2. The van der Waals surface area contributed by atoms with Crippen LogP contribution in [-0.4, -0.2) is 34.2 Å². The Balaban J connectivity index is 1.44. The zero-order chi connectivity index (χ0) is 23.2. The summed E-state index contributed by atoms with van der Waals surface area (Å²) >= 11 is 1.66. The molecule has 1 fully saturated rings. The summed E-state index contributed by atoms with van der Waals surface area (Å²) in [7, 11) is 0. The lowest BCUT2D eigenvalue weighted by Crippen LogP contribution is -2.43. The molecule has 0 spiro atoms. The summed E-state index contributed by atoms with van der Waals surface area (Å²) < 4.78 is 13.4. The second kappa shape index (κ2) is 10.8. The predicted octanol–water partition coefficient (Wildman–Crippen LogP) is 5.35. The van der Waals surface area contributed by atoms with E-state index in [1.807, 2.05) is 49.4 Å². The fourth-order valence-corrected chi connectivity index (χ4v) is 4.80. The Labute approximate surface area is 198 Å². The highest BCUT2D eigenvalue weighted by molar-refractivity contribution is 7.11. The molecule has 1 aliphatic rings. The third-order valence-electron chi connectivity index (χ3n) is 5.87. The topological polar surface area (TPSA) is 40.6 Å². The van der Waals surface area contributed by atoms with Crippen molar-refractivity contribution >= 4 is 23.2 Å². The molecule has 0 bridgehead atoms. The molecule has 6 heteroatoms. The molecule has 4 nitrogen and oxygen atoms in total. The van der Waals surface area contributed by atoms with E-state index in [-0.39, 0.29) is 30.2 Å². The molecule has 2 aromatic carbocycles. The van der Waals surface area contributed by atoms with Crippen LogP contribution in [0, 0.1) is 12.7 Å². The standard InChI is InChI=1S/C27H29FN2O2S/c1-20-7-15-25(33-20)18-29(17-22-8-11-23(28)12-9-22)27(32)19-30(24-13-14-24)26(31)16-10-21-5-3-2-4-6-21/h2-9,11-12,15,24H,10,13-14,16-19H2,1H3. The van der Waals surface area contributed by atoms with Gasteiger partial charge in [-0.05, 0) is 61.6 Å². The summed E-state index contributed by atoms with van der Waals surface area (Å²) in [6.45, 7) is 2.99. The van der Waals surface area contributed by atoms with E-state index in [9.17, 15) is 14.0 Å². The number of hydrogen-bond donors (Lipinski definition) is 0. The minimum Gasteiger partial charge on any atom is -0.332 e. The Morgan fingerprint density at radius 1 is 0.909 bits per heavy atom. The number of nitrogens with zero attached hydrogens (tertiary/aromatic N) is 2. The molecule has 0 N–H and O–H groups in total. The fourth-order valence-electron chi connectivity index (χ4n) is 3.89. The van der Waals surface area contributed by atoms with E-state index >= 15 is 0 Å². The summed E-state index contributed by atoms with van der Waals surface area (Å²) in [4.78, 5) is 32.3. The number of carbonyl (C=O) groups is 2. The van der Waals surface area contributed by atoms with Crippen LogP contribution in [0.2, 0.25) is 0 Å². The number of carbonyl (C=O) groups excluding carboxylic acids is 2. The Bertz CT molecular complexity index is 1080. The molecule has 3 aromatic rings. The molecule has 2 amide bonds. The third kappa shape index (κ3) is 6.75. The van der Waals surface area contributed by atoms with Gasteiger partial charge in [-0.2, -0.15) is 0 Å². The average Bonchev–Trinajstić information content (AvgIpc) is 3.58. The van der Waals surface area contributed by atoms with Crippen molar-refractivity contribution in [1.29, 1.82) is 0 Å². The highest BCUT2D eigenvalue weighted by atomic mass is 32.1. The van der Waals surface area contributed by atoms with Gasteiger partial charge in [0.15, 0.2) is 0 Å². The molecule has 1 aromatic heterocycles. The second-order valence-electron chi connectivity index (χ2n) is 8.63. The summed E-state index contributed by atoms with van der Waals surface area (Å²) in [6.07, 6.45) is 2.97. The Morgan fingerprint density at radius 2 is 1.64 bits per heavy atom. The minimum atomic E-state index is -0.297. The van der Waals surface area contributed by atoms with Crippen molar-refractivity contribution in [3.05, 3.63) is 93.4 Å². The maximum Gasteiger partial charge on any atom is 0.242 e. The first kappa shape index (κ1) is 23.2. The number of thiophene rings is 1. The van der Waals surface area contributed by atoms with Gasteiger partial charge >= 0.3 is 0 Å². The fraction of sp³-hybridized carbons (Fsp3) is 0.333. The van der Waals surface area contributed by atoms with E-state index in [0.29, 0.717) is 25.9 Å². The van der Waals surface area contributed by atoms with Crippen LogP contribution in [0.4, 0.5) is 4.39 Å². The molecular weight excluding hydrogens is 435 g/mol. The maximum absolute atomic E-state index is 13.4. The van der Waals surface area contributed by atoms with E-state index in [1.54, 1.807) is 33.3 Å². The highest BCUT2D eigenvalue weighted by Gasteiger charge is 2.34. The molecule has 0 aliphatic heterocycles. The van der Waals surface area contributed by atoms with Gasteiger partial charge in [0.1, 0.15) is 12.4 Å². The lowest BCUT2D eigenvalue weighted by molar-refractivity contribution is -0.141. The van der Waals surface area contributed by atoms with Crippen LogP contribution in [-0.2, 0) is 29.1 Å². The van der Waals surface area contributed by atoms with Crippen LogP contribution < -0.4 is 0 Å². The van der Waals surface area contributed by atoms with Crippen LogP contribution in [0.15, 0.2) is 66.7 Å². The van der Waals surface area contributed by atoms with Gasteiger partial charge < -0.3 is 9.80 Å². The van der Waals surface area contributed by atoms with E-state index < -0.39 is 0 Å². The number of hydrogen-bond acceptors (Lipinski definition) is 3. The molecule has 1 heterocycles. The van der Waals surface area contributed by atoms with E-state index in [0.717, 1.165) is 28.8 Å². The minimum absolute atomic E-state index is 0.0309. The molecule has 1 aliphatic carbocycles. The number of rotatable bonds is 10. The Hall–Kier alpha value is -2.99. The van der Waals surface area contributed by atoms with Gasteiger partial charge in [0.25, 0.3) is 0 Å². The summed E-state index contributed by atoms with van der Waals surface area (Å²) in [5.41, 5.74) is 1.99. The summed E-state index contributed by atoms with van der Waals surface area (Å²) in [5, 5.41) is 0. The van der Waals surface area contributed by atoms with Gasteiger partial charge in [0, 0.05) is 28.8 Å². The average molecular weight is 465 g/mol. The second-order valence-corrected chi connectivity index (χ2v) is 10.00. The van der Waals surface area contributed by atoms with Crippen molar-refractivity contribution in [2.75, 3.05) is 6.54 Å². The molecule has 172 valence electrons. The SMILES string of the molecule is Cc1ccc(CN(Cc2ccc(F)cc2)C(=O)CN(C(=O)CCc2ccccc2)C2CC2)s1. The normalized spacial score (nSPS) is 13.0. The van der Waals surface area contributed by atoms with E-state index in [2.05, 4.69) is 0 Å². The monoisotopic (exact) mass is 464 g/mol. The van der Waals surface area contributed by atoms with Crippen LogP contribution in [0.25, 0.3) is 0 Å². The van der Waals surface area contributed by atoms with Gasteiger partial charge in [0.05, 0.1) is 6.54 Å². The van der Waals surface area contributed by atoms with Crippen LogP contribution >= 0.6 is 11.3 Å². The number of amides is 2. The summed E-state index contributed by atoms with van der Waals surface area (Å²) in [5.74, 6) is -0.344. The van der Waals surface area contributed by atoms with Crippen LogP contribution in [0.1, 0.15) is 40.1 Å². The molecule has 4 rings (SSSR count). The maximum atomic E-state index is 13.4. The smallest absolute Gasteiger partial charge is 0.242 e. The van der Waals surface area contributed by atoms with Crippen molar-refractivity contribution in [3.63, 3.8) is 0 Å². The highest BCUT2D eigenvalue weighted by Crippen LogP contribution is 2.28. The number of aryl methyl sites for hydroxylation is 2. The lowest BCUT2D eigenvalue weighted by Gasteiger charge is -2.28. The lowest BCUT2D eigenvalue weighted by atomic mass is 10.1. The molecule has 0 radical (unpaired) electrons. The summed E-state index contributed by atoms with van der Waals surface area (Å²) in [6, 6.07) is 20.4. The first-order valence-electron chi connectivity index (χ1n) is 11.4. The van der Waals surface area contributed by atoms with Gasteiger partial charge in [-0.1, -0.05) is 42.5 Å². The molecule has 0 unspecified atom stereocenters. The van der Waals surface area contributed by atoms with Gasteiger partial charge in [-0.3, -0.25) is 9.59 Å². The first-order valence-corrected chi connectivity index (χ1v) is 12.2. The van der Waals surface area contributed by atoms with E-state index in [4.69, 9.17) is 0 Å². The van der Waals surface area contributed by atoms with Crippen molar-refractivity contribution in [1.82, 2.24) is 9.80 Å². The predicted molar refractivity (Wildman–Crippen MR) is 129 cm³/mol. The zero-order valence-corrected chi connectivity index (χ0v) is 19.7. The van der Waals surface area contributed by atoms with Crippen LogP contribution in [0.5, 0.6) is 0 Å². The molecule has 33 heavy (non-hydrogen) atoms. The van der Waals surface area contributed by atoms with Crippen molar-refractivity contribution in [2.24, 2.45) is 0 Å². The molecule has 0 saturated heterocycles. The number of halogens is 1. The van der Waals surface area contributed by atoms with Gasteiger partial charge in [-0.15, -0.1) is 11.3 Å². The van der Waals surface area contributed by atoms with Gasteiger partial charge in [-0.25, -0.2) is 4.39 Å². The molecule has 1 saturated carbocycles. The van der Waals surface area contributed by atoms with Gasteiger partial charge in [0.2, 0.25) is 11.8 Å². The molecule has 0 atom stereocenters. The van der Waals surface area contributed by atoms with Crippen molar-refractivity contribution in [2.45, 2.75) is 51.7 Å². The third-order valence-corrected chi connectivity index (χ3v) is 6.85. The van der Waals surface area contributed by atoms with Crippen molar-refractivity contribution < 1.29 is 14.0 Å². The largest absolute Gasteiger partial charge is 0.332 e. The Morgan fingerprint density at radius 3 is 2.27 bits per heavy atom. The van der Waals surface area contributed by atoms with E-state index in [1.165, 1.54) is 17.0 Å². The quantitative estimate of drug-likeness (QED) is 0.406. The zero-order valence-electron chi connectivity index (χ0n) is 18.9. The first-order chi connectivity index (χ1) is 16.0.